The molecule has 1 atom stereocenters. The number of sulfonamides is 1. The number of nitrogens with zero attached hydrogens (tertiary/aromatic N) is 2. The van der Waals surface area contributed by atoms with Gasteiger partial charge in [0, 0.05) is 31.2 Å². The molecule has 21 heavy (non-hydrogen) atoms. The Kier molecular flexibility index (Phi) is 4.87. The van der Waals surface area contributed by atoms with Crippen LogP contribution in [0.25, 0.3) is 0 Å². The van der Waals surface area contributed by atoms with Gasteiger partial charge >= 0.3 is 0 Å². The molecule has 2 heterocycles. The molecule has 7 heteroatoms. The monoisotopic (exact) mass is 306 g/mol. The van der Waals surface area contributed by atoms with Gasteiger partial charge in [0.2, 0.25) is 10.0 Å². The standard InChI is InChI=1S/C14H18N4O2S/c1-3-16-14-13(7-5-9-17-14)21(19,20)18-11(2)12-6-4-8-15-10-12/h4-11,18H,3H2,1-2H3,(H,16,17). The third-order valence-electron chi connectivity index (χ3n) is 2.92. The Bertz CT molecular complexity index is 689. The van der Waals surface area contributed by atoms with Gasteiger partial charge in [-0.05, 0) is 37.6 Å². The average Bonchev–Trinajstić information content (AvgIpc) is 2.48. The zero-order chi connectivity index (χ0) is 15.3. The van der Waals surface area contributed by atoms with E-state index in [2.05, 4.69) is 20.0 Å². The molecule has 0 fully saturated rings. The fourth-order valence-electron chi connectivity index (χ4n) is 1.90. The van der Waals surface area contributed by atoms with Crippen LogP contribution in [0.4, 0.5) is 5.82 Å². The molecule has 0 aliphatic rings. The maximum Gasteiger partial charge on any atom is 0.244 e. The first-order valence-electron chi connectivity index (χ1n) is 6.65. The zero-order valence-electron chi connectivity index (χ0n) is 11.9. The first kappa shape index (κ1) is 15.4. The van der Waals surface area contributed by atoms with Crippen LogP contribution in [-0.2, 0) is 10.0 Å². The molecule has 0 saturated carbocycles. The van der Waals surface area contributed by atoms with Crippen LogP contribution in [0.3, 0.4) is 0 Å². The van der Waals surface area contributed by atoms with E-state index in [1.54, 1.807) is 37.6 Å². The maximum absolute atomic E-state index is 12.5. The molecule has 6 nitrogen and oxygen atoms in total. The Balaban J connectivity index is 2.27. The highest BCUT2D eigenvalue weighted by atomic mass is 32.2. The van der Waals surface area contributed by atoms with E-state index < -0.39 is 10.0 Å². The van der Waals surface area contributed by atoms with E-state index >= 15 is 0 Å². The van der Waals surface area contributed by atoms with Crippen molar-refractivity contribution in [1.29, 1.82) is 0 Å². The molecule has 0 spiro atoms. The normalized spacial score (nSPS) is 12.9. The number of rotatable bonds is 6. The molecule has 112 valence electrons. The molecule has 0 bridgehead atoms. The van der Waals surface area contributed by atoms with Gasteiger partial charge in [-0.2, -0.15) is 0 Å². The molecule has 2 N–H and O–H groups in total. The maximum atomic E-state index is 12.5. The Morgan fingerprint density at radius 2 is 2.00 bits per heavy atom. The number of pyridine rings is 2. The van der Waals surface area contributed by atoms with E-state index in [4.69, 9.17) is 0 Å². The molecule has 0 aromatic carbocycles. The van der Waals surface area contributed by atoms with Crippen molar-refractivity contribution in [2.24, 2.45) is 0 Å². The van der Waals surface area contributed by atoms with E-state index in [0.29, 0.717) is 12.4 Å². The van der Waals surface area contributed by atoms with Crippen molar-refractivity contribution in [1.82, 2.24) is 14.7 Å². The largest absolute Gasteiger partial charge is 0.369 e. The fraction of sp³-hybridized carbons (Fsp3) is 0.286. The number of aromatic nitrogens is 2. The van der Waals surface area contributed by atoms with Crippen LogP contribution in [0.15, 0.2) is 47.8 Å². The van der Waals surface area contributed by atoms with Crippen LogP contribution in [0.5, 0.6) is 0 Å². The summed E-state index contributed by atoms with van der Waals surface area (Å²) < 4.78 is 27.6. The summed E-state index contributed by atoms with van der Waals surface area (Å²) in [5.74, 6) is 0.353. The lowest BCUT2D eigenvalue weighted by Crippen LogP contribution is -2.28. The van der Waals surface area contributed by atoms with E-state index in [0.717, 1.165) is 5.56 Å². The third kappa shape index (κ3) is 3.77. The molecule has 2 aromatic heterocycles. The molecule has 0 saturated heterocycles. The topological polar surface area (TPSA) is 84.0 Å². The minimum absolute atomic E-state index is 0.141. The lowest BCUT2D eigenvalue weighted by molar-refractivity contribution is 0.566. The van der Waals surface area contributed by atoms with Gasteiger partial charge in [-0.3, -0.25) is 4.98 Å². The van der Waals surface area contributed by atoms with Gasteiger partial charge in [-0.25, -0.2) is 18.1 Å². The molecule has 0 aliphatic heterocycles. The molecule has 0 radical (unpaired) electrons. The van der Waals surface area contributed by atoms with Crippen LogP contribution in [0.2, 0.25) is 0 Å². The summed E-state index contributed by atoms with van der Waals surface area (Å²) in [7, 11) is -3.66. The minimum Gasteiger partial charge on any atom is -0.369 e. The smallest absolute Gasteiger partial charge is 0.244 e. The quantitative estimate of drug-likeness (QED) is 0.852. The molecule has 2 rings (SSSR count). The average molecular weight is 306 g/mol. The highest BCUT2D eigenvalue weighted by molar-refractivity contribution is 7.89. The lowest BCUT2D eigenvalue weighted by Gasteiger charge is -2.16. The van der Waals surface area contributed by atoms with Crippen LogP contribution in [0.1, 0.15) is 25.5 Å². The summed E-state index contributed by atoms with van der Waals surface area (Å²) in [5, 5.41) is 2.95. The number of anilines is 1. The molecular formula is C14H18N4O2S. The Hall–Kier alpha value is -1.99. The van der Waals surface area contributed by atoms with Crippen molar-refractivity contribution < 1.29 is 8.42 Å². The predicted octanol–water partition coefficient (Wildman–Crippen LogP) is 1.95. The summed E-state index contributed by atoms with van der Waals surface area (Å²) in [6.07, 6.45) is 4.85. The van der Waals surface area contributed by atoms with Gasteiger partial charge in [0.1, 0.15) is 10.7 Å². The van der Waals surface area contributed by atoms with Crippen molar-refractivity contribution in [2.75, 3.05) is 11.9 Å². The van der Waals surface area contributed by atoms with E-state index in [1.807, 2.05) is 13.0 Å². The summed E-state index contributed by atoms with van der Waals surface area (Å²) in [6, 6.07) is 6.36. The molecular weight excluding hydrogens is 288 g/mol. The number of hydrogen-bond donors (Lipinski definition) is 2. The van der Waals surface area contributed by atoms with Crippen molar-refractivity contribution >= 4 is 15.8 Å². The summed E-state index contributed by atoms with van der Waals surface area (Å²) in [4.78, 5) is 8.21. The summed E-state index contributed by atoms with van der Waals surface area (Å²) in [6.45, 7) is 4.26. The SMILES string of the molecule is CCNc1ncccc1S(=O)(=O)NC(C)c1cccnc1. The first-order chi connectivity index (χ1) is 10.0. The fourth-order valence-corrected chi connectivity index (χ4v) is 3.27. The van der Waals surface area contributed by atoms with Gasteiger partial charge in [0.15, 0.2) is 0 Å². The van der Waals surface area contributed by atoms with E-state index in [-0.39, 0.29) is 10.9 Å². The first-order valence-corrected chi connectivity index (χ1v) is 8.14. The zero-order valence-corrected chi connectivity index (χ0v) is 12.8. The second kappa shape index (κ2) is 6.64. The predicted molar refractivity (Wildman–Crippen MR) is 81.4 cm³/mol. The second-order valence-electron chi connectivity index (χ2n) is 4.51. The highest BCUT2D eigenvalue weighted by Gasteiger charge is 2.22. The highest BCUT2D eigenvalue weighted by Crippen LogP contribution is 2.20. The van der Waals surface area contributed by atoms with Gasteiger partial charge in [-0.1, -0.05) is 6.07 Å². The van der Waals surface area contributed by atoms with Gasteiger partial charge in [0.25, 0.3) is 0 Å². The van der Waals surface area contributed by atoms with E-state index in [9.17, 15) is 8.42 Å². The van der Waals surface area contributed by atoms with Crippen molar-refractivity contribution in [3.63, 3.8) is 0 Å². The van der Waals surface area contributed by atoms with Crippen LogP contribution in [0, 0.1) is 0 Å². The number of hydrogen-bond acceptors (Lipinski definition) is 5. The molecule has 1 unspecified atom stereocenters. The lowest BCUT2D eigenvalue weighted by atomic mass is 10.2. The van der Waals surface area contributed by atoms with Gasteiger partial charge < -0.3 is 5.32 Å². The molecule has 0 amide bonds. The summed E-state index contributed by atoms with van der Waals surface area (Å²) >= 11 is 0. The second-order valence-corrected chi connectivity index (χ2v) is 6.19. The van der Waals surface area contributed by atoms with Crippen LogP contribution >= 0.6 is 0 Å². The van der Waals surface area contributed by atoms with Gasteiger partial charge in [-0.15, -0.1) is 0 Å². The van der Waals surface area contributed by atoms with Crippen LogP contribution in [-0.4, -0.2) is 24.9 Å². The third-order valence-corrected chi connectivity index (χ3v) is 4.49. The molecule has 0 aliphatic carbocycles. The minimum atomic E-state index is -3.66. The van der Waals surface area contributed by atoms with Crippen molar-refractivity contribution in [3.8, 4) is 0 Å². The summed E-state index contributed by atoms with van der Waals surface area (Å²) in [5.41, 5.74) is 0.801. The van der Waals surface area contributed by atoms with Gasteiger partial charge in [0.05, 0.1) is 0 Å². The number of nitrogens with one attached hydrogen (secondary N) is 2. The Labute approximate surface area is 124 Å². The van der Waals surface area contributed by atoms with E-state index in [1.165, 1.54) is 6.07 Å². The van der Waals surface area contributed by atoms with Crippen LogP contribution < -0.4 is 10.0 Å². The molecule has 2 aromatic rings. The van der Waals surface area contributed by atoms with Crippen molar-refractivity contribution in [2.45, 2.75) is 24.8 Å². The van der Waals surface area contributed by atoms with Crippen molar-refractivity contribution in [3.05, 3.63) is 48.4 Å². The Morgan fingerprint density at radius 1 is 1.24 bits per heavy atom. The Morgan fingerprint density at radius 3 is 2.67 bits per heavy atom.